The Kier molecular flexibility index (Phi) is 10.2. The number of hydrogen-bond donors (Lipinski definition) is 2. The smallest absolute Gasteiger partial charge is 0.408 e. The Bertz CT molecular complexity index is 801. The molecule has 3 aliphatic rings. The minimum Gasteiger partial charge on any atom is -0.467 e. The largest absolute Gasteiger partial charge is 0.467 e. The maximum absolute atomic E-state index is 12.9. The Hall–Kier alpha value is -1.91. The first-order valence-corrected chi connectivity index (χ1v) is 13.8. The molecule has 37 heavy (non-hydrogen) atoms. The first-order valence-electron chi connectivity index (χ1n) is 13.8. The fraction of sp³-hybridized carbons (Fsp3) is 0.889. The third-order valence-electron chi connectivity index (χ3n) is 8.10. The molecule has 1 saturated carbocycles. The van der Waals surface area contributed by atoms with Crippen LogP contribution in [0.2, 0.25) is 0 Å². The second-order valence-corrected chi connectivity index (χ2v) is 11.2. The van der Waals surface area contributed by atoms with Crippen LogP contribution in [0.15, 0.2) is 0 Å². The van der Waals surface area contributed by atoms with E-state index in [2.05, 4.69) is 31.4 Å². The number of nitrogens with one attached hydrogen (secondary N) is 2. The molecule has 3 fully saturated rings. The fourth-order valence-corrected chi connectivity index (χ4v) is 5.81. The average molecular weight is 527 g/mol. The van der Waals surface area contributed by atoms with E-state index in [-0.39, 0.29) is 35.2 Å². The van der Waals surface area contributed by atoms with Crippen LogP contribution in [-0.4, -0.2) is 80.9 Å². The van der Waals surface area contributed by atoms with Crippen molar-refractivity contribution in [3.05, 3.63) is 0 Å². The summed E-state index contributed by atoms with van der Waals surface area (Å²) in [6.45, 7) is 9.51. The predicted molar refractivity (Wildman–Crippen MR) is 136 cm³/mol. The second-order valence-electron chi connectivity index (χ2n) is 11.2. The van der Waals surface area contributed by atoms with Crippen LogP contribution in [0.3, 0.4) is 0 Å². The molecule has 0 aromatic carbocycles. The molecule has 0 radical (unpaired) electrons. The highest BCUT2D eigenvalue weighted by Crippen LogP contribution is 2.59. The van der Waals surface area contributed by atoms with Gasteiger partial charge < -0.3 is 34.3 Å². The molecule has 3 rings (SSSR count). The third kappa shape index (κ3) is 7.35. The lowest BCUT2D eigenvalue weighted by molar-refractivity contribution is -0.143. The van der Waals surface area contributed by atoms with Gasteiger partial charge in [-0.1, -0.05) is 20.8 Å². The monoisotopic (exact) mass is 526 g/mol. The van der Waals surface area contributed by atoms with Gasteiger partial charge in [0.05, 0.1) is 25.7 Å². The number of methoxy groups -OCH3 is 2. The van der Waals surface area contributed by atoms with Gasteiger partial charge in [-0.25, -0.2) is 9.59 Å². The standard InChI is InChI=1S/C27H46N2O8/c1-7-21(30)28-15-9-8-10-18(24(31)34-6)29-25(32)36-19-13-14-27(16-35-27)23(22(19)33-5)26(4)20(37-26)12-11-17(2)3/h17-20,22-23H,7-16H2,1-6H3,(H,28,30)(H,29,32)/t18?,19?,20-,22?,23?,26?,27+/m1/s1. The summed E-state index contributed by atoms with van der Waals surface area (Å²) in [6, 6.07) is -0.831. The van der Waals surface area contributed by atoms with E-state index < -0.39 is 24.2 Å². The summed E-state index contributed by atoms with van der Waals surface area (Å²) in [5.41, 5.74) is -0.674. The fourth-order valence-electron chi connectivity index (χ4n) is 5.81. The van der Waals surface area contributed by atoms with Crippen molar-refractivity contribution in [1.29, 1.82) is 0 Å². The van der Waals surface area contributed by atoms with E-state index in [1.165, 1.54) is 7.11 Å². The van der Waals surface area contributed by atoms with Gasteiger partial charge >= 0.3 is 12.1 Å². The van der Waals surface area contributed by atoms with Crippen LogP contribution in [-0.2, 0) is 33.3 Å². The van der Waals surface area contributed by atoms with Crippen LogP contribution in [0, 0.1) is 11.8 Å². The lowest BCUT2D eigenvalue weighted by Crippen LogP contribution is -2.56. The van der Waals surface area contributed by atoms with Crippen molar-refractivity contribution >= 4 is 18.0 Å². The molecule has 1 spiro atoms. The molecule has 0 aromatic heterocycles. The molecule has 0 bridgehead atoms. The van der Waals surface area contributed by atoms with Crippen molar-refractivity contribution in [2.75, 3.05) is 27.4 Å². The molecule has 10 nitrogen and oxygen atoms in total. The molecule has 5 unspecified atom stereocenters. The topological polar surface area (TPSA) is 128 Å². The number of hydrogen-bond acceptors (Lipinski definition) is 8. The van der Waals surface area contributed by atoms with E-state index >= 15 is 0 Å². The number of carbonyl (C=O) groups excluding carboxylic acids is 3. The Morgan fingerprint density at radius 3 is 2.46 bits per heavy atom. The van der Waals surface area contributed by atoms with Gasteiger partial charge in [0.2, 0.25) is 5.91 Å². The van der Waals surface area contributed by atoms with Gasteiger partial charge in [0.25, 0.3) is 0 Å². The molecular weight excluding hydrogens is 480 g/mol. The zero-order chi connectivity index (χ0) is 27.2. The minimum absolute atomic E-state index is 0.0141. The van der Waals surface area contributed by atoms with Crippen LogP contribution in [0.1, 0.15) is 79.1 Å². The average Bonchev–Trinajstić information content (AvgIpc) is 3.78. The molecule has 10 heteroatoms. The van der Waals surface area contributed by atoms with Crippen molar-refractivity contribution in [3.63, 3.8) is 0 Å². The van der Waals surface area contributed by atoms with E-state index in [0.717, 1.165) is 19.3 Å². The maximum Gasteiger partial charge on any atom is 0.408 e. The Balaban J connectivity index is 1.57. The molecule has 2 amide bonds. The Morgan fingerprint density at radius 2 is 1.86 bits per heavy atom. The summed E-state index contributed by atoms with van der Waals surface area (Å²) in [6.07, 6.45) is 4.15. The maximum atomic E-state index is 12.9. The van der Waals surface area contributed by atoms with Crippen LogP contribution in [0.25, 0.3) is 0 Å². The van der Waals surface area contributed by atoms with Crippen LogP contribution < -0.4 is 10.6 Å². The Morgan fingerprint density at radius 1 is 1.14 bits per heavy atom. The summed E-state index contributed by atoms with van der Waals surface area (Å²) < 4.78 is 28.9. The van der Waals surface area contributed by atoms with Crippen molar-refractivity contribution < 1.29 is 38.1 Å². The van der Waals surface area contributed by atoms with Gasteiger partial charge in [-0.15, -0.1) is 0 Å². The van der Waals surface area contributed by atoms with Crippen molar-refractivity contribution in [2.24, 2.45) is 11.8 Å². The van der Waals surface area contributed by atoms with Crippen LogP contribution >= 0.6 is 0 Å². The quantitative estimate of drug-likeness (QED) is 0.201. The van der Waals surface area contributed by atoms with Gasteiger partial charge in [-0.2, -0.15) is 0 Å². The zero-order valence-electron chi connectivity index (χ0n) is 23.3. The minimum atomic E-state index is -0.831. The number of alkyl carbamates (subject to hydrolysis) is 1. The molecule has 2 N–H and O–H groups in total. The van der Waals surface area contributed by atoms with E-state index in [9.17, 15) is 14.4 Å². The lowest BCUT2D eigenvalue weighted by atomic mass is 9.68. The summed E-state index contributed by atoms with van der Waals surface area (Å²) in [5.74, 6) is 0.00148. The molecule has 2 aliphatic heterocycles. The zero-order valence-corrected chi connectivity index (χ0v) is 23.3. The van der Waals surface area contributed by atoms with Gasteiger partial charge in [-0.3, -0.25) is 4.79 Å². The number of unbranched alkanes of at least 4 members (excludes halogenated alkanes) is 1. The number of ether oxygens (including phenoxy) is 5. The summed E-state index contributed by atoms with van der Waals surface area (Å²) in [5, 5.41) is 5.48. The highest BCUT2D eigenvalue weighted by Gasteiger charge is 2.72. The highest BCUT2D eigenvalue weighted by molar-refractivity contribution is 5.81. The normalized spacial score (nSPS) is 33.1. The van der Waals surface area contributed by atoms with E-state index in [4.69, 9.17) is 23.7 Å². The van der Waals surface area contributed by atoms with E-state index in [1.807, 2.05) is 0 Å². The van der Waals surface area contributed by atoms with Gasteiger partial charge in [-0.05, 0) is 57.8 Å². The summed E-state index contributed by atoms with van der Waals surface area (Å²) >= 11 is 0. The van der Waals surface area contributed by atoms with Crippen LogP contribution in [0.5, 0.6) is 0 Å². The summed E-state index contributed by atoms with van der Waals surface area (Å²) in [4.78, 5) is 36.6. The third-order valence-corrected chi connectivity index (χ3v) is 8.10. The van der Waals surface area contributed by atoms with Crippen molar-refractivity contribution in [3.8, 4) is 0 Å². The highest BCUT2D eigenvalue weighted by atomic mass is 16.6. The first-order chi connectivity index (χ1) is 17.6. The van der Waals surface area contributed by atoms with Crippen molar-refractivity contribution in [1.82, 2.24) is 10.6 Å². The molecule has 0 aromatic rings. The molecule has 212 valence electrons. The van der Waals surface area contributed by atoms with Gasteiger partial charge in [0, 0.05) is 20.1 Å². The van der Waals surface area contributed by atoms with E-state index in [0.29, 0.717) is 51.2 Å². The van der Waals surface area contributed by atoms with Gasteiger partial charge in [0.1, 0.15) is 29.5 Å². The molecule has 7 atom stereocenters. The van der Waals surface area contributed by atoms with Gasteiger partial charge in [0.15, 0.2) is 0 Å². The number of esters is 1. The second kappa shape index (κ2) is 12.8. The number of carbonyl (C=O) groups is 3. The number of rotatable bonds is 14. The lowest BCUT2D eigenvalue weighted by Gasteiger charge is -2.42. The number of amides is 2. The molecule has 2 saturated heterocycles. The first kappa shape index (κ1) is 29.6. The number of epoxide rings is 2. The predicted octanol–water partition coefficient (Wildman–Crippen LogP) is 3.11. The summed E-state index contributed by atoms with van der Waals surface area (Å²) in [7, 11) is 2.92. The SMILES string of the molecule is CCC(=O)NCCCCC(NC(=O)OC1CC[C@]2(CO2)C(C2(C)O[C@@H]2CCC(C)C)C1OC)C(=O)OC. The van der Waals surface area contributed by atoms with Crippen molar-refractivity contribution in [2.45, 2.75) is 115 Å². The van der Waals surface area contributed by atoms with Crippen LogP contribution in [0.4, 0.5) is 4.79 Å². The Labute approximate surface area is 220 Å². The molecule has 1 aliphatic carbocycles. The molecular formula is C27H46N2O8. The van der Waals surface area contributed by atoms with E-state index in [1.54, 1.807) is 14.0 Å². The molecule has 2 heterocycles.